The molecule has 0 aliphatic carbocycles. The second-order valence-corrected chi connectivity index (χ2v) is 3.70. The van der Waals surface area contributed by atoms with E-state index in [4.69, 9.17) is 9.84 Å². The van der Waals surface area contributed by atoms with E-state index in [2.05, 4.69) is 5.32 Å². The lowest BCUT2D eigenvalue weighted by Gasteiger charge is -2.11. The Hall–Kier alpha value is -1.55. The summed E-state index contributed by atoms with van der Waals surface area (Å²) in [6.07, 6.45) is -0.419. The lowest BCUT2D eigenvalue weighted by Crippen LogP contribution is -2.11. The molecule has 0 spiro atoms. The van der Waals surface area contributed by atoms with Crippen LogP contribution in [0.5, 0.6) is 0 Å². The number of hydrogen-bond acceptors (Lipinski definition) is 3. The van der Waals surface area contributed by atoms with Crippen molar-refractivity contribution in [3.63, 3.8) is 0 Å². The van der Waals surface area contributed by atoms with E-state index in [-0.39, 0.29) is 12.5 Å². The Morgan fingerprint density at radius 3 is 3.13 bits per heavy atom. The van der Waals surface area contributed by atoms with Gasteiger partial charge in [0.1, 0.15) is 0 Å². The molecule has 1 amide bonds. The van der Waals surface area contributed by atoms with Gasteiger partial charge in [0, 0.05) is 11.6 Å². The van der Waals surface area contributed by atoms with E-state index in [0.717, 1.165) is 16.8 Å². The molecule has 80 valence electrons. The number of ether oxygens (including phenoxy) is 1. The average molecular weight is 207 g/mol. The quantitative estimate of drug-likeness (QED) is 0.738. The number of carbonyl (C=O) groups is 1. The zero-order valence-electron chi connectivity index (χ0n) is 8.49. The van der Waals surface area contributed by atoms with Crippen molar-refractivity contribution in [1.29, 1.82) is 0 Å². The van der Waals surface area contributed by atoms with Gasteiger partial charge in [-0.1, -0.05) is 19.1 Å². The van der Waals surface area contributed by atoms with Crippen LogP contribution in [0.25, 0.3) is 0 Å². The van der Waals surface area contributed by atoms with Gasteiger partial charge in [-0.05, 0) is 17.2 Å². The van der Waals surface area contributed by atoms with Crippen molar-refractivity contribution >= 4 is 11.8 Å². The van der Waals surface area contributed by atoms with Crippen molar-refractivity contribution in [1.82, 2.24) is 0 Å². The van der Waals surface area contributed by atoms with Crippen molar-refractivity contribution in [3.8, 4) is 0 Å². The van der Waals surface area contributed by atoms with Crippen LogP contribution in [-0.2, 0) is 11.3 Å². The maximum atomic E-state index is 11.2. The summed E-state index contributed by atoms with van der Waals surface area (Å²) in [4.78, 5) is 11.2. The van der Waals surface area contributed by atoms with Gasteiger partial charge in [0.05, 0.1) is 13.2 Å². The molecule has 2 N–H and O–H groups in total. The number of cyclic esters (lactones) is 1. The minimum atomic E-state index is -0.419. The van der Waals surface area contributed by atoms with Crippen LogP contribution < -0.4 is 5.32 Å². The van der Waals surface area contributed by atoms with Crippen molar-refractivity contribution in [2.24, 2.45) is 0 Å². The summed E-state index contributed by atoms with van der Waals surface area (Å²) in [6.45, 7) is 2.36. The molecule has 2 rings (SSSR count). The van der Waals surface area contributed by atoms with Crippen molar-refractivity contribution in [2.75, 3.05) is 11.9 Å². The standard InChI is InChI=1S/C11H13NO3/c1-7-6-15-11(14)12-10-3-2-8(5-13)4-9(7)10/h2-4,7,13H,5-6H2,1H3,(H,12,14). The van der Waals surface area contributed by atoms with E-state index >= 15 is 0 Å². The highest BCUT2D eigenvalue weighted by molar-refractivity contribution is 5.86. The highest BCUT2D eigenvalue weighted by atomic mass is 16.5. The van der Waals surface area contributed by atoms with E-state index in [9.17, 15) is 4.79 Å². The van der Waals surface area contributed by atoms with Crippen molar-refractivity contribution < 1.29 is 14.6 Å². The Morgan fingerprint density at radius 1 is 1.60 bits per heavy atom. The maximum Gasteiger partial charge on any atom is 0.411 e. The highest BCUT2D eigenvalue weighted by Gasteiger charge is 2.19. The van der Waals surface area contributed by atoms with Gasteiger partial charge in [-0.3, -0.25) is 5.32 Å². The smallest absolute Gasteiger partial charge is 0.411 e. The molecule has 1 atom stereocenters. The predicted molar refractivity (Wildman–Crippen MR) is 55.8 cm³/mol. The summed E-state index contributed by atoms with van der Waals surface area (Å²) in [5.74, 6) is 0.144. The molecule has 1 aromatic rings. The number of benzene rings is 1. The SMILES string of the molecule is CC1COC(=O)Nc2ccc(CO)cc21. The Labute approximate surface area is 87.9 Å². The van der Waals surface area contributed by atoms with Gasteiger partial charge >= 0.3 is 6.09 Å². The monoisotopic (exact) mass is 207 g/mol. The van der Waals surface area contributed by atoms with Crippen molar-refractivity contribution in [2.45, 2.75) is 19.4 Å². The zero-order chi connectivity index (χ0) is 10.8. The lowest BCUT2D eigenvalue weighted by atomic mass is 9.98. The van der Waals surface area contributed by atoms with Crippen LogP contribution in [0.4, 0.5) is 10.5 Å². The average Bonchev–Trinajstić information content (AvgIpc) is 2.39. The van der Waals surface area contributed by atoms with Crippen LogP contribution in [0.3, 0.4) is 0 Å². The molecule has 0 radical (unpaired) electrons. The molecule has 1 aromatic carbocycles. The van der Waals surface area contributed by atoms with E-state index in [1.54, 1.807) is 12.1 Å². The van der Waals surface area contributed by atoms with Gasteiger partial charge in [0.25, 0.3) is 0 Å². The normalized spacial score (nSPS) is 19.9. The maximum absolute atomic E-state index is 11.2. The number of aliphatic hydroxyl groups excluding tert-OH is 1. The Morgan fingerprint density at radius 2 is 2.40 bits per heavy atom. The van der Waals surface area contributed by atoms with Crippen LogP contribution in [0, 0.1) is 0 Å². The first-order valence-corrected chi connectivity index (χ1v) is 4.88. The molecule has 0 saturated heterocycles. The molecule has 0 bridgehead atoms. The third kappa shape index (κ3) is 1.94. The molecule has 0 aromatic heterocycles. The Balaban J connectivity index is 2.43. The minimum absolute atomic E-state index is 0.00873. The summed E-state index contributed by atoms with van der Waals surface area (Å²) >= 11 is 0. The Kier molecular flexibility index (Phi) is 2.60. The molecule has 1 aliphatic rings. The van der Waals surface area contributed by atoms with Crippen LogP contribution in [0.1, 0.15) is 24.0 Å². The predicted octanol–water partition coefficient (Wildman–Crippen LogP) is 1.84. The molecule has 1 aliphatic heterocycles. The van der Waals surface area contributed by atoms with E-state index in [1.807, 2.05) is 13.0 Å². The molecule has 0 saturated carbocycles. The fraction of sp³-hybridized carbons (Fsp3) is 0.364. The number of amides is 1. The van der Waals surface area contributed by atoms with E-state index in [0.29, 0.717) is 6.61 Å². The fourth-order valence-corrected chi connectivity index (χ4v) is 1.67. The van der Waals surface area contributed by atoms with Gasteiger partial charge in [-0.2, -0.15) is 0 Å². The first kappa shape index (κ1) is 9.98. The summed E-state index contributed by atoms with van der Waals surface area (Å²) < 4.78 is 4.96. The number of carbonyl (C=O) groups excluding carboxylic acids is 1. The fourth-order valence-electron chi connectivity index (χ4n) is 1.67. The number of hydrogen-bond donors (Lipinski definition) is 2. The molecule has 15 heavy (non-hydrogen) atoms. The van der Waals surface area contributed by atoms with Gasteiger partial charge in [0.2, 0.25) is 0 Å². The first-order valence-electron chi connectivity index (χ1n) is 4.88. The van der Waals surface area contributed by atoms with Gasteiger partial charge in [-0.25, -0.2) is 4.79 Å². The molecule has 0 fully saturated rings. The largest absolute Gasteiger partial charge is 0.449 e. The number of nitrogens with one attached hydrogen (secondary N) is 1. The first-order chi connectivity index (χ1) is 7.20. The van der Waals surface area contributed by atoms with Gasteiger partial charge in [-0.15, -0.1) is 0 Å². The van der Waals surface area contributed by atoms with Crippen LogP contribution in [0.15, 0.2) is 18.2 Å². The third-order valence-electron chi connectivity index (χ3n) is 2.53. The second-order valence-electron chi connectivity index (χ2n) is 3.70. The molecule has 1 unspecified atom stereocenters. The minimum Gasteiger partial charge on any atom is -0.449 e. The third-order valence-corrected chi connectivity index (χ3v) is 2.53. The molecular formula is C11H13NO3. The van der Waals surface area contributed by atoms with Crippen molar-refractivity contribution in [3.05, 3.63) is 29.3 Å². The Bertz CT molecular complexity index is 389. The summed E-state index contributed by atoms with van der Waals surface area (Å²) in [6, 6.07) is 5.48. The van der Waals surface area contributed by atoms with Gasteiger partial charge in [0.15, 0.2) is 0 Å². The molecule has 4 heteroatoms. The topological polar surface area (TPSA) is 58.6 Å². The summed E-state index contributed by atoms with van der Waals surface area (Å²) in [5, 5.41) is 11.7. The molecule has 4 nitrogen and oxygen atoms in total. The summed E-state index contributed by atoms with van der Waals surface area (Å²) in [5.41, 5.74) is 2.62. The summed E-state index contributed by atoms with van der Waals surface area (Å²) in [7, 11) is 0. The molecular weight excluding hydrogens is 194 g/mol. The zero-order valence-corrected chi connectivity index (χ0v) is 8.49. The highest BCUT2D eigenvalue weighted by Crippen LogP contribution is 2.28. The second kappa shape index (κ2) is 3.90. The number of aliphatic hydroxyl groups is 1. The van der Waals surface area contributed by atoms with Crippen LogP contribution >= 0.6 is 0 Å². The van der Waals surface area contributed by atoms with Crippen LogP contribution in [0.2, 0.25) is 0 Å². The number of anilines is 1. The number of fused-ring (bicyclic) bond motifs is 1. The van der Waals surface area contributed by atoms with E-state index < -0.39 is 6.09 Å². The lowest BCUT2D eigenvalue weighted by molar-refractivity contribution is 0.158. The van der Waals surface area contributed by atoms with Gasteiger partial charge < -0.3 is 9.84 Å². The number of rotatable bonds is 1. The molecule has 1 heterocycles. The van der Waals surface area contributed by atoms with E-state index in [1.165, 1.54) is 0 Å². The van der Waals surface area contributed by atoms with Crippen LogP contribution in [-0.4, -0.2) is 17.8 Å².